The molecule has 1 saturated heterocycles. The minimum Gasteiger partial charge on any atom is -0.435 e. The van der Waals surface area contributed by atoms with Gasteiger partial charge in [0.15, 0.2) is 0 Å². The SMILES string of the molecule is COC1OC(=O)C2(C)C3C=C(Cc4ccc(Cn5cncn5)cc4)C(CC3)C12C. The van der Waals surface area contributed by atoms with Crippen LogP contribution in [0.25, 0.3) is 0 Å². The third-order valence-corrected chi connectivity index (χ3v) is 7.80. The number of nitrogens with zero attached hydrogens (tertiary/aromatic N) is 3. The highest BCUT2D eigenvalue weighted by Crippen LogP contribution is 2.68. The van der Waals surface area contributed by atoms with Gasteiger partial charge in [0, 0.05) is 7.11 Å². The molecule has 6 nitrogen and oxygen atoms in total. The summed E-state index contributed by atoms with van der Waals surface area (Å²) in [5.74, 6) is 0.407. The van der Waals surface area contributed by atoms with Gasteiger partial charge in [-0.05, 0) is 49.1 Å². The molecule has 4 aliphatic rings. The van der Waals surface area contributed by atoms with Crippen molar-refractivity contribution in [3.05, 3.63) is 59.7 Å². The van der Waals surface area contributed by atoms with Crippen molar-refractivity contribution in [1.29, 1.82) is 0 Å². The lowest BCUT2D eigenvalue weighted by Gasteiger charge is -2.56. The summed E-state index contributed by atoms with van der Waals surface area (Å²) in [5.41, 5.74) is 3.09. The first-order chi connectivity index (χ1) is 14.0. The van der Waals surface area contributed by atoms with Gasteiger partial charge in [0.2, 0.25) is 6.29 Å². The highest BCUT2D eigenvalue weighted by atomic mass is 16.7. The summed E-state index contributed by atoms with van der Waals surface area (Å²) in [7, 11) is 1.65. The zero-order valence-electron chi connectivity index (χ0n) is 17.2. The molecule has 0 N–H and O–H groups in total. The molecule has 29 heavy (non-hydrogen) atoms. The molecule has 0 spiro atoms. The number of allylic oxidation sites excluding steroid dienone is 2. The third kappa shape index (κ3) is 2.54. The average molecular weight is 393 g/mol. The number of aromatic nitrogens is 3. The second kappa shape index (κ2) is 6.52. The van der Waals surface area contributed by atoms with Gasteiger partial charge in [-0.3, -0.25) is 4.79 Å². The van der Waals surface area contributed by atoms with Crippen LogP contribution in [0.3, 0.4) is 0 Å². The Labute approximate surface area is 170 Å². The van der Waals surface area contributed by atoms with E-state index in [2.05, 4.69) is 54.3 Å². The van der Waals surface area contributed by atoms with Crippen molar-refractivity contribution < 1.29 is 14.3 Å². The van der Waals surface area contributed by atoms with Gasteiger partial charge in [-0.2, -0.15) is 5.10 Å². The second-order valence-electron chi connectivity index (χ2n) is 9.02. The van der Waals surface area contributed by atoms with Crippen LogP contribution in [-0.4, -0.2) is 34.1 Å². The van der Waals surface area contributed by atoms with Gasteiger partial charge in [0.05, 0.1) is 17.4 Å². The van der Waals surface area contributed by atoms with Gasteiger partial charge in [-0.15, -0.1) is 0 Å². The number of hydrogen-bond donors (Lipinski definition) is 0. The van der Waals surface area contributed by atoms with E-state index < -0.39 is 11.7 Å². The smallest absolute Gasteiger partial charge is 0.315 e. The molecule has 2 heterocycles. The van der Waals surface area contributed by atoms with Crippen molar-refractivity contribution in [2.75, 3.05) is 7.11 Å². The molecular formula is C23H27N3O3. The van der Waals surface area contributed by atoms with E-state index in [1.54, 1.807) is 19.8 Å². The molecule has 152 valence electrons. The minimum atomic E-state index is -0.498. The maximum atomic E-state index is 12.8. The summed E-state index contributed by atoms with van der Waals surface area (Å²) < 4.78 is 13.2. The van der Waals surface area contributed by atoms with Crippen LogP contribution in [-0.2, 0) is 27.2 Å². The molecule has 1 aliphatic heterocycles. The number of fused-ring (bicyclic) bond motifs is 1. The van der Waals surface area contributed by atoms with Crippen molar-refractivity contribution in [3.63, 3.8) is 0 Å². The Morgan fingerprint density at radius 3 is 2.66 bits per heavy atom. The maximum Gasteiger partial charge on any atom is 0.315 e. The number of rotatable bonds is 5. The van der Waals surface area contributed by atoms with Crippen LogP contribution in [0.2, 0.25) is 0 Å². The van der Waals surface area contributed by atoms with Crippen LogP contribution >= 0.6 is 0 Å². The predicted molar refractivity (Wildman–Crippen MR) is 107 cm³/mol. The zero-order chi connectivity index (χ0) is 20.2. The molecule has 5 atom stereocenters. The number of cyclic esters (lactones) is 1. The van der Waals surface area contributed by atoms with Gasteiger partial charge in [0.1, 0.15) is 12.7 Å². The van der Waals surface area contributed by atoms with Crippen LogP contribution in [0.1, 0.15) is 37.8 Å². The largest absolute Gasteiger partial charge is 0.435 e. The topological polar surface area (TPSA) is 66.2 Å². The summed E-state index contributed by atoms with van der Waals surface area (Å²) in [6, 6.07) is 8.71. The monoisotopic (exact) mass is 393 g/mol. The lowest BCUT2D eigenvalue weighted by atomic mass is 9.45. The molecule has 2 fully saturated rings. The Hall–Kier alpha value is -2.47. The van der Waals surface area contributed by atoms with Crippen LogP contribution in [0.5, 0.6) is 0 Å². The summed E-state index contributed by atoms with van der Waals surface area (Å²) >= 11 is 0. The molecule has 3 aliphatic carbocycles. The number of esters is 1. The number of benzene rings is 1. The van der Waals surface area contributed by atoms with Gasteiger partial charge in [-0.1, -0.05) is 42.8 Å². The fraction of sp³-hybridized carbons (Fsp3) is 0.522. The second-order valence-corrected chi connectivity index (χ2v) is 9.02. The molecule has 1 aromatic heterocycles. The van der Waals surface area contributed by atoms with Gasteiger partial charge < -0.3 is 9.47 Å². The van der Waals surface area contributed by atoms with E-state index >= 15 is 0 Å². The Morgan fingerprint density at radius 1 is 1.21 bits per heavy atom. The van der Waals surface area contributed by atoms with Gasteiger partial charge >= 0.3 is 5.97 Å². The predicted octanol–water partition coefficient (Wildman–Crippen LogP) is 3.38. The molecular weight excluding hydrogens is 366 g/mol. The summed E-state index contributed by atoms with van der Waals surface area (Å²) in [4.78, 5) is 16.8. The molecule has 6 heteroatoms. The van der Waals surface area contributed by atoms with E-state index in [-0.39, 0.29) is 17.3 Å². The van der Waals surface area contributed by atoms with Gasteiger partial charge in [0.25, 0.3) is 0 Å². The van der Waals surface area contributed by atoms with Crippen molar-refractivity contribution in [1.82, 2.24) is 14.8 Å². The Morgan fingerprint density at radius 2 is 1.97 bits per heavy atom. The molecule has 0 amide bonds. The Bertz CT molecular complexity index is 952. The summed E-state index contributed by atoms with van der Waals surface area (Å²) in [6.45, 7) is 4.99. The number of ether oxygens (including phenoxy) is 2. The van der Waals surface area contributed by atoms with Crippen LogP contribution in [0.15, 0.2) is 48.6 Å². The number of hydrogen-bond acceptors (Lipinski definition) is 5. The van der Waals surface area contributed by atoms with Crippen molar-refractivity contribution in [3.8, 4) is 0 Å². The van der Waals surface area contributed by atoms with Crippen molar-refractivity contribution in [2.45, 2.75) is 45.9 Å². The molecule has 6 rings (SSSR count). The fourth-order valence-electron chi connectivity index (χ4n) is 5.99. The van der Waals surface area contributed by atoms with E-state index in [0.717, 1.165) is 25.8 Å². The van der Waals surface area contributed by atoms with E-state index in [1.165, 1.54) is 16.7 Å². The minimum absolute atomic E-state index is 0.102. The van der Waals surface area contributed by atoms with E-state index in [9.17, 15) is 4.79 Å². The fourth-order valence-corrected chi connectivity index (χ4v) is 5.99. The molecule has 0 radical (unpaired) electrons. The molecule has 2 bridgehead atoms. The molecule has 1 aromatic carbocycles. The van der Waals surface area contributed by atoms with E-state index in [1.807, 2.05) is 4.68 Å². The number of methoxy groups -OCH3 is 1. The highest BCUT2D eigenvalue weighted by Gasteiger charge is 2.72. The summed E-state index contributed by atoms with van der Waals surface area (Å²) in [5, 5.41) is 4.16. The first kappa shape index (κ1) is 18.6. The molecule has 1 saturated carbocycles. The molecule has 2 aromatic rings. The summed E-state index contributed by atoms with van der Waals surface area (Å²) in [6.07, 6.45) is 8.21. The Kier molecular flexibility index (Phi) is 4.17. The quantitative estimate of drug-likeness (QED) is 0.576. The van der Waals surface area contributed by atoms with Gasteiger partial charge in [-0.25, -0.2) is 9.67 Å². The zero-order valence-corrected chi connectivity index (χ0v) is 17.2. The average Bonchev–Trinajstić information content (AvgIpc) is 3.31. The number of carbonyl (C=O) groups is 1. The molecule has 5 unspecified atom stereocenters. The normalized spacial score (nSPS) is 35.3. The first-order valence-electron chi connectivity index (χ1n) is 10.3. The van der Waals surface area contributed by atoms with E-state index in [4.69, 9.17) is 9.47 Å². The van der Waals surface area contributed by atoms with Crippen LogP contribution in [0, 0.1) is 22.7 Å². The standard InChI is InChI=1S/C23H27N3O3/c1-22-18-8-9-19(23(22,2)21(28-3)29-20(22)27)17(11-18)10-15-4-6-16(7-5-15)12-26-14-24-13-25-26/h4-7,11,13-14,18-19,21H,8-10,12H2,1-3H3. The first-order valence-corrected chi connectivity index (χ1v) is 10.3. The lowest BCUT2D eigenvalue weighted by Crippen LogP contribution is -2.57. The maximum absolute atomic E-state index is 12.8. The van der Waals surface area contributed by atoms with Crippen molar-refractivity contribution >= 4 is 5.97 Å². The highest BCUT2D eigenvalue weighted by molar-refractivity contribution is 5.82. The lowest BCUT2D eigenvalue weighted by molar-refractivity contribution is -0.176. The Balaban J connectivity index is 1.40. The third-order valence-electron chi connectivity index (χ3n) is 7.80. The van der Waals surface area contributed by atoms with Crippen molar-refractivity contribution in [2.24, 2.45) is 22.7 Å². The number of carbonyl (C=O) groups excluding carboxylic acids is 1. The van der Waals surface area contributed by atoms with Crippen LogP contribution < -0.4 is 0 Å². The van der Waals surface area contributed by atoms with Crippen LogP contribution in [0.4, 0.5) is 0 Å². The van der Waals surface area contributed by atoms with E-state index in [0.29, 0.717) is 5.92 Å².